The van der Waals surface area contributed by atoms with Crippen molar-refractivity contribution in [2.75, 3.05) is 14.1 Å². The van der Waals surface area contributed by atoms with Crippen LogP contribution in [-0.2, 0) is 14.9 Å². The van der Waals surface area contributed by atoms with Gasteiger partial charge < -0.3 is 26.2 Å². The van der Waals surface area contributed by atoms with Gasteiger partial charge >= 0.3 is 5.97 Å². The third-order valence-electron chi connectivity index (χ3n) is 7.18. The number of fused-ring (bicyclic) bond motifs is 5. The summed E-state index contributed by atoms with van der Waals surface area (Å²) in [5, 5.41) is 0. The maximum Gasteiger partial charge on any atom is 0.321 e. The van der Waals surface area contributed by atoms with Crippen LogP contribution >= 0.6 is 0 Å². The van der Waals surface area contributed by atoms with Gasteiger partial charge in [-0.3, -0.25) is 4.79 Å². The molecule has 2 atom stereocenters. The Bertz CT molecular complexity index is 901. The molecule has 0 radical (unpaired) electrons. The lowest BCUT2D eigenvalue weighted by atomic mass is 9.80. The monoisotopic (exact) mass is 439 g/mol. The van der Waals surface area contributed by atoms with Gasteiger partial charge in [0.25, 0.3) is 0 Å². The van der Waals surface area contributed by atoms with E-state index in [2.05, 4.69) is 50.5 Å². The molecule has 1 fully saturated rings. The first-order valence-electron chi connectivity index (χ1n) is 9.84. The Hall–Kier alpha value is -1.91. The maximum atomic E-state index is 13.5. The molecule has 146 valence electrons. The molecule has 1 aliphatic carbocycles. The van der Waals surface area contributed by atoms with Gasteiger partial charge in [0.05, 0.1) is 14.1 Å². The first-order valence-corrected chi connectivity index (χ1v) is 9.84. The SMILES string of the molecule is CC1(C(=O)OC2CC3C=CC(C2)[N+]3(C)C)c2ccccc2-c2ccccc21.[Br-]. The van der Waals surface area contributed by atoms with E-state index in [1.165, 1.54) is 0 Å². The van der Waals surface area contributed by atoms with Crippen molar-refractivity contribution in [1.29, 1.82) is 0 Å². The molecule has 2 aromatic rings. The van der Waals surface area contributed by atoms with E-state index in [9.17, 15) is 4.79 Å². The minimum Gasteiger partial charge on any atom is -1.00 e. The van der Waals surface area contributed by atoms with Crippen LogP contribution in [0.1, 0.15) is 30.9 Å². The van der Waals surface area contributed by atoms with E-state index < -0.39 is 5.41 Å². The van der Waals surface area contributed by atoms with Gasteiger partial charge in [-0.15, -0.1) is 0 Å². The second kappa shape index (κ2) is 6.57. The van der Waals surface area contributed by atoms with Crippen molar-refractivity contribution >= 4 is 5.97 Å². The highest BCUT2D eigenvalue weighted by Gasteiger charge is 2.50. The van der Waals surface area contributed by atoms with Gasteiger partial charge in [0, 0.05) is 12.8 Å². The van der Waals surface area contributed by atoms with Crippen LogP contribution in [0.25, 0.3) is 11.1 Å². The van der Waals surface area contributed by atoms with Gasteiger partial charge in [-0.25, -0.2) is 0 Å². The Kier molecular flexibility index (Phi) is 4.55. The molecule has 1 saturated heterocycles. The van der Waals surface area contributed by atoms with Crippen LogP contribution in [0.3, 0.4) is 0 Å². The van der Waals surface area contributed by atoms with Crippen LogP contribution < -0.4 is 17.0 Å². The van der Waals surface area contributed by atoms with Crippen molar-refractivity contribution < 1.29 is 31.0 Å². The molecule has 2 bridgehead atoms. The summed E-state index contributed by atoms with van der Waals surface area (Å²) in [4.78, 5) is 13.5. The summed E-state index contributed by atoms with van der Waals surface area (Å²) in [7, 11) is 4.55. The molecule has 2 heterocycles. The standard InChI is InChI=1S/C24H26NO2.BrH/c1-24(21-10-6-4-8-19(21)20-9-5-7-11-22(20)24)23(26)27-18-14-16-12-13-17(15-18)25(16,2)3;/h4-13,16-18H,14-15H2,1-3H3;1H/q+1;/p-1. The lowest BCUT2D eigenvalue weighted by Crippen LogP contribution is -3.00. The summed E-state index contributed by atoms with van der Waals surface area (Å²) in [6.07, 6.45) is 6.42. The molecular formula is C24H26BrNO2. The number of carbonyl (C=O) groups is 1. The van der Waals surface area contributed by atoms with Gasteiger partial charge in [0.1, 0.15) is 23.6 Å². The Morgan fingerprint density at radius 3 is 1.89 bits per heavy atom. The molecule has 0 N–H and O–H groups in total. The second-order valence-corrected chi connectivity index (χ2v) is 8.86. The van der Waals surface area contributed by atoms with E-state index in [1.54, 1.807) is 0 Å². The van der Waals surface area contributed by atoms with Crippen molar-refractivity contribution in [2.24, 2.45) is 0 Å². The molecule has 0 saturated carbocycles. The van der Waals surface area contributed by atoms with Crippen molar-refractivity contribution in [3.05, 3.63) is 71.8 Å². The van der Waals surface area contributed by atoms with Crippen LogP contribution in [0.4, 0.5) is 0 Å². The lowest BCUT2D eigenvalue weighted by molar-refractivity contribution is -0.926. The predicted molar refractivity (Wildman–Crippen MR) is 106 cm³/mol. The summed E-state index contributed by atoms with van der Waals surface area (Å²) in [5.74, 6) is -0.114. The van der Waals surface area contributed by atoms with Crippen molar-refractivity contribution in [3.63, 3.8) is 0 Å². The molecule has 5 rings (SSSR count). The number of quaternary nitrogens is 1. The highest BCUT2D eigenvalue weighted by Crippen LogP contribution is 2.49. The van der Waals surface area contributed by atoms with Gasteiger partial charge in [0.2, 0.25) is 0 Å². The molecule has 3 nitrogen and oxygen atoms in total. The molecule has 4 heteroatoms. The lowest BCUT2D eigenvalue weighted by Gasteiger charge is -2.44. The molecule has 3 aliphatic rings. The number of carbonyl (C=O) groups excluding carboxylic acids is 1. The third kappa shape index (κ3) is 2.54. The Balaban J connectivity index is 0.00000192. The Labute approximate surface area is 177 Å². The third-order valence-corrected chi connectivity index (χ3v) is 7.18. The summed E-state index contributed by atoms with van der Waals surface area (Å²) in [6.45, 7) is 2.02. The predicted octanol–water partition coefficient (Wildman–Crippen LogP) is 1.07. The summed E-state index contributed by atoms with van der Waals surface area (Å²) in [6, 6.07) is 17.4. The minimum absolute atomic E-state index is 0. The van der Waals surface area contributed by atoms with Crippen LogP contribution in [0, 0.1) is 0 Å². The fourth-order valence-electron chi connectivity index (χ4n) is 5.32. The fourth-order valence-corrected chi connectivity index (χ4v) is 5.32. The number of benzene rings is 2. The molecule has 28 heavy (non-hydrogen) atoms. The van der Waals surface area contributed by atoms with Gasteiger partial charge in [0.15, 0.2) is 0 Å². The summed E-state index contributed by atoms with van der Waals surface area (Å²) < 4.78 is 7.16. The normalized spacial score (nSPS) is 27.5. The van der Waals surface area contributed by atoms with E-state index in [0.717, 1.165) is 39.6 Å². The van der Waals surface area contributed by atoms with Crippen molar-refractivity contribution in [1.82, 2.24) is 0 Å². The van der Waals surface area contributed by atoms with Crippen LogP contribution in [-0.4, -0.2) is 42.7 Å². The van der Waals surface area contributed by atoms with Crippen LogP contribution in [0.15, 0.2) is 60.7 Å². The maximum absolute atomic E-state index is 13.5. The Morgan fingerprint density at radius 1 is 0.929 bits per heavy atom. The zero-order valence-corrected chi connectivity index (χ0v) is 18.1. The van der Waals surface area contributed by atoms with Gasteiger partial charge in [-0.05, 0) is 41.3 Å². The number of halogens is 1. The molecule has 2 aliphatic heterocycles. The number of esters is 1. The number of likely N-dealkylation sites (N-methyl/N-ethyl adjacent to an activating group) is 1. The number of nitrogens with zero attached hydrogens (tertiary/aromatic N) is 1. The van der Waals surface area contributed by atoms with Crippen LogP contribution in [0.5, 0.6) is 0 Å². The number of hydrogen-bond donors (Lipinski definition) is 0. The zero-order chi connectivity index (χ0) is 18.8. The molecule has 2 aromatic carbocycles. The average molecular weight is 440 g/mol. The molecular weight excluding hydrogens is 414 g/mol. The smallest absolute Gasteiger partial charge is 0.321 e. The van der Waals surface area contributed by atoms with E-state index in [1.807, 2.05) is 31.2 Å². The highest BCUT2D eigenvalue weighted by atomic mass is 79.9. The first kappa shape index (κ1) is 19.4. The molecule has 0 amide bonds. The van der Waals surface area contributed by atoms with Crippen LogP contribution in [0.2, 0.25) is 0 Å². The summed E-state index contributed by atoms with van der Waals surface area (Å²) >= 11 is 0. The highest BCUT2D eigenvalue weighted by molar-refractivity contribution is 5.97. The quantitative estimate of drug-likeness (QED) is 0.397. The topological polar surface area (TPSA) is 26.3 Å². The van der Waals surface area contributed by atoms with E-state index in [0.29, 0.717) is 12.1 Å². The van der Waals surface area contributed by atoms with E-state index in [-0.39, 0.29) is 29.1 Å². The zero-order valence-electron chi connectivity index (χ0n) is 16.6. The van der Waals surface area contributed by atoms with Crippen molar-refractivity contribution in [2.45, 2.75) is 43.4 Å². The number of ether oxygens (including phenoxy) is 1. The van der Waals surface area contributed by atoms with Crippen molar-refractivity contribution in [3.8, 4) is 11.1 Å². The molecule has 0 aromatic heterocycles. The van der Waals surface area contributed by atoms with Gasteiger partial charge in [-0.2, -0.15) is 0 Å². The Morgan fingerprint density at radius 2 is 1.39 bits per heavy atom. The molecule has 2 unspecified atom stereocenters. The second-order valence-electron chi connectivity index (χ2n) is 8.86. The summed E-state index contributed by atoms with van der Waals surface area (Å²) in [5.41, 5.74) is 3.68. The number of rotatable bonds is 2. The largest absolute Gasteiger partial charge is 1.00 e. The minimum atomic E-state index is -0.735. The number of hydrogen-bond acceptors (Lipinski definition) is 2. The average Bonchev–Trinajstić information content (AvgIpc) is 2.96. The number of piperidine rings is 1. The fraction of sp³-hybridized carbons (Fsp3) is 0.375. The first-order chi connectivity index (χ1) is 12.9. The molecule has 0 spiro atoms. The van der Waals surface area contributed by atoms with E-state index >= 15 is 0 Å². The van der Waals surface area contributed by atoms with E-state index in [4.69, 9.17) is 4.74 Å². The van der Waals surface area contributed by atoms with Gasteiger partial charge in [-0.1, -0.05) is 48.5 Å².